The van der Waals surface area contributed by atoms with Gasteiger partial charge in [0.2, 0.25) is 0 Å². The summed E-state index contributed by atoms with van der Waals surface area (Å²) in [4.78, 5) is 4.59. The van der Waals surface area contributed by atoms with E-state index in [0.717, 1.165) is 47.0 Å². The Bertz CT molecular complexity index is 2670. The van der Waals surface area contributed by atoms with Crippen molar-refractivity contribution in [2.45, 2.75) is 32.1 Å². The molecule has 0 aliphatic heterocycles. The Morgan fingerprint density at radius 3 is 1.58 bits per heavy atom. The van der Waals surface area contributed by atoms with Gasteiger partial charge in [-0.3, -0.25) is 0 Å². The van der Waals surface area contributed by atoms with E-state index in [1.54, 1.807) is 0 Å². The molecule has 0 fully saturated rings. The summed E-state index contributed by atoms with van der Waals surface area (Å²) >= 11 is 0. The van der Waals surface area contributed by atoms with Gasteiger partial charge in [0.25, 0.3) is 0 Å². The summed E-state index contributed by atoms with van der Waals surface area (Å²) in [6.45, 7) is 4.64. The van der Waals surface area contributed by atoms with E-state index < -0.39 is 0 Å². The standard InChI is InChI=1S/C49H36N4/c1-49(2)47-29-43(52(39-17-11-33(31-50)12-18-39)41-21-15-35-7-3-5-9-37(35)27-41)23-25-45(47)46-26-24-44(30-48(46)49)53(40-19-13-34(32-51)14-20-40)42-22-16-36-8-4-6-10-38(36)28-42/h3,5-7,9-30H,4,8H2,1-2H3. The quantitative estimate of drug-likeness (QED) is 0.175. The highest BCUT2D eigenvalue weighted by atomic mass is 15.1. The second-order valence-electron chi connectivity index (χ2n) is 14.4. The van der Waals surface area contributed by atoms with Gasteiger partial charge in [0, 0.05) is 39.5 Å². The molecule has 7 aromatic carbocycles. The normalized spacial score (nSPS) is 13.4. The fourth-order valence-electron chi connectivity index (χ4n) is 8.13. The molecule has 9 rings (SSSR count). The van der Waals surface area contributed by atoms with Gasteiger partial charge in [-0.15, -0.1) is 0 Å². The van der Waals surface area contributed by atoms with Crippen LogP contribution in [0, 0.1) is 22.7 Å². The predicted molar refractivity (Wildman–Crippen MR) is 218 cm³/mol. The average molecular weight is 681 g/mol. The summed E-state index contributed by atoms with van der Waals surface area (Å²) in [7, 11) is 0. The maximum absolute atomic E-state index is 9.54. The lowest BCUT2D eigenvalue weighted by atomic mass is 9.82. The number of hydrogen-bond donors (Lipinski definition) is 0. The molecule has 0 bridgehead atoms. The van der Waals surface area contributed by atoms with Gasteiger partial charge in [-0.1, -0.05) is 74.5 Å². The van der Waals surface area contributed by atoms with E-state index in [-0.39, 0.29) is 5.41 Å². The number of fused-ring (bicyclic) bond motifs is 5. The first-order valence-electron chi connectivity index (χ1n) is 18.1. The highest BCUT2D eigenvalue weighted by Gasteiger charge is 2.37. The number of aryl methyl sites for hydroxylation is 1. The molecule has 2 aliphatic rings. The fourth-order valence-corrected chi connectivity index (χ4v) is 8.13. The van der Waals surface area contributed by atoms with Gasteiger partial charge < -0.3 is 9.80 Å². The van der Waals surface area contributed by atoms with Gasteiger partial charge in [-0.05, 0) is 154 Å². The number of hydrogen-bond acceptors (Lipinski definition) is 4. The van der Waals surface area contributed by atoms with Crippen LogP contribution in [0.15, 0.2) is 152 Å². The first-order valence-corrected chi connectivity index (χ1v) is 18.1. The van der Waals surface area contributed by atoms with Gasteiger partial charge in [-0.2, -0.15) is 10.5 Å². The van der Waals surface area contributed by atoms with Crippen molar-refractivity contribution in [2.24, 2.45) is 0 Å². The molecule has 0 aromatic heterocycles. The van der Waals surface area contributed by atoms with Crippen LogP contribution in [0.5, 0.6) is 0 Å². The molecular weight excluding hydrogens is 645 g/mol. The van der Waals surface area contributed by atoms with Crippen molar-refractivity contribution in [2.75, 3.05) is 9.80 Å². The zero-order chi connectivity index (χ0) is 36.1. The topological polar surface area (TPSA) is 54.1 Å². The molecule has 0 unspecified atom stereocenters. The number of benzene rings is 7. The first kappa shape index (κ1) is 32.1. The minimum Gasteiger partial charge on any atom is -0.310 e. The molecule has 0 amide bonds. The Morgan fingerprint density at radius 1 is 0.509 bits per heavy atom. The first-order chi connectivity index (χ1) is 25.9. The Kier molecular flexibility index (Phi) is 7.69. The van der Waals surface area contributed by atoms with Gasteiger partial charge in [0.05, 0.1) is 23.3 Å². The zero-order valence-electron chi connectivity index (χ0n) is 29.7. The molecule has 0 atom stereocenters. The van der Waals surface area contributed by atoms with Crippen LogP contribution in [0.3, 0.4) is 0 Å². The molecule has 2 aliphatic carbocycles. The third-order valence-electron chi connectivity index (χ3n) is 10.9. The molecular formula is C49H36N4. The van der Waals surface area contributed by atoms with Crippen LogP contribution in [-0.2, 0) is 11.8 Å². The van der Waals surface area contributed by atoms with Crippen LogP contribution in [0.25, 0.3) is 28.0 Å². The number of nitriles is 2. The van der Waals surface area contributed by atoms with Crippen molar-refractivity contribution in [3.8, 4) is 23.3 Å². The SMILES string of the molecule is CC1(C)c2cc(N(c3ccc(C#N)cc3)c3ccc4c(c3)C=CCC4)ccc2-c2ccc(N(c3ccc(C#N)cc3)c3ccc4ccccc4c3)cc21. The lowest BCUT2D eigenvalue weighted by molar-refractivity contribution is 0.660. The number of nitrogens with zero attached hydrogens (tertiary/aromatic N) is 4. The summed E-state index contributed by atoms with van der Waals surface area (Å²) < 4.78 is 0. The van der Waals surface area contributed by atoms with Gasteiger partial charge >= 0.3 is 0 Å². The van der Waals surface area contributed by atoms with E-state index in [1.807, 2.05) is 48.5 Å². The van der Waals surface area contributed by atoms with Crippen molar-refractivity contribution in [1.29, 1.82) is 10.5 Å². The van der Waals surface area contributed by atoms with E-state index in [0.29, 0.717) is 11.1 Å². The van der Waals surface area contributed by atoms with Crippen molar-refractivity contribution in [3.63, 3.8) is 0 Å². The van der Waals surface area contributed by atoms with Crippen LogP contribution < -0.4 is 9.80 Å². The summed E-state index contributed by atoms with van der Waals surface area (Å²) in [5.74, 6) is 0. The molecule has 0 heterocycles. The van der Waals surface area contributed by atoms with Crippen LogP contribution in [0.4, 0.5) is 34.1 Å². The molecule has 53 heavy (non-hydrogen) atoms. The summed E-state index contributed by atoms with van der Waals surface area (Å²) in [5, 5.41) is 21.4. The molecule has 0 saturated carbocycles. The van der Waals surface area contributed by atoms with Crippen molar-refractivity contribution < 1.29 is 0 Å². The number of anilines is 6. The van der Waals surface area contributed by atoms with Crippen molar-refractivity contribution in [3.05, 3.63) is 185 Å². The molecule has 0 N–H and O–H groups in total. The fraction of sp³-hybridized carbons (Fsp3) is 0.102. The number of rotatable bonds is 6. The Labute approximate surface area is 310 Å². The maximum atomic E-state index is 9.54. The van der Waals surface area contributed by atoms with Crippen molar-refractivity contribution >= 4 is 51.0 Å². The smallest absolute Gasteiger partial charge is 0.0991 e. The van der Waals surface area contributed by atoms with Crippen LogP contribution >= 0.6 is 0 Å². The van der Waals surface area contributed by atoms with Crippen molar-refractivity contribution in [1.82, 2.24) is 0 Å². The van der Waals surface area contributed by atoms with E-state index >= 15 is 0 Å². The molecule has 0 radical (unpaired) electrons. The van der Waals surface area contributed by atoms with Crippen LogP contribution in [-0.4, -0.2) is 0 Å². The van der Waals surface area contributed by atoms with E-state index in [1.165, 1.54) is 44.2 Å². The minimum atomic E-state index is -0.286. The van der Waals surface area contributed by atoms with E-state index in [4.69, 9.17) is 0 Å². The van der Waals surface area contributed by atoms with Gasteiger partial charge in [0.15, 0.2) is 0 Å². The van der Waals surface area contributed by atoms with E-state index in [2.05, 4.69) is 145 Å². The largest absolute Gasteiger partial charge is 0.310 e. The Morgan fingerprint density at radius 2 is 1.00 bits per heavy atom. The molecule has 4 heteroatoms. The third kappa shape index (κ3) is 5.53. The zero-order valence-corrected chi connectivity index (χ0v) is 29.7. The average Bonchev–Trinajstić information content (AvgIpc) is 3.43. The number of allylic oxidation sites excluding steroid dienone is 1. The second kappa shape index (κ2) is 12.7. The lowest BCUT2D eigenvalue weighted by Gasteiger charge is -2.29. The molecule has 0 saturated heterocycles. The highest BCUT2D eigenvalue weighted by molar-refractivity contribution is 5.91. The minimum absolute atomic E-state index is 0.286. The third-order valence-corrected chi connectivity index (χ3v) is 10.9. The summed E-state index contributed by atoms with van der Waals surface area (Å²) in [5.41, 5.74) is 14.9. The molecule has 252 valence electrons. The molecule has 7 aromatic rings. The predicted octanol–water partition coefficient (Wildman–Crippen LogP) is 12.8. The maximum Gasteiger partial charge on any atom is 0.0991 e. The Balaban J connectivity index is 1.15. The lowest BCUT2D eigenvalue weighted by Crippen LogP contribution is -2.17. The highest BCUT2D eigenvalue weighted by Crippen LogP contribution is 2.52. The van der Waals surface area contributed by atoms with E-state index in [9.17, 15) is 10.5 Å². The second-order valence-corrected chi connectivity index (χ2v) is 14.4. The van der Waals surface area contributed by atoms with Gasteiger partial charge in [0.1, 0.15) is 0 Å². The van der Waals surface area contributed by atoms with Crippen LogP contribution in [0.2, 0.25) is 0 Å². The summed E-state index contributed by atoms with van der Waals surface area (Å²) in [6.07, 6.45) is 6.61. The molecule has 4 nitrogen and oxygen atoms in total. The molecule has 0 spiro atoms. The Hall–Kier alpha value is -6.88. The summed E-state index contributed by atoms with van der Waals surface area (Å²) in [6, 6.07) is 55.7. The van der Waals surface area contributed by atoms with Gasteiger partial charge in [-0.25, -0.2) is 0 Å². The monoisotopic (exact) mass is 680 g/mol. The van der Waals surface area contributed by atoms with Crippen LogP contribution in [0.1, 0.15) is 53.6 Å².